The Morgan fingerprint density at radius 1 is 0.865 bits per heavy atom. The molecular weight excluding hydrogens is 482 g/mol. The molecule has 1 saturated heterocycles. The highest BCUT2D eigenvalue weighted by Crippen LogP contribution is 2.29. The Hall–Kier alpha value is -3.29. The van der Waals surface area contributed by atoms with Crippen LogP contribution in [0.25, 0.3) is 0 Å². The number of benzene rings is 3. The molecule has 0 spiro atoms. The van der Waals surface area contributed by atoms with E-state index in [4.69, 9.17) is 4.74 Å². The van der Waals surface area contributed by atoms with Gasteiger partial charge < -0.3 is 15.0 Å². The summed E-state index contributed by atoms with van der Waals surface area (Å²) in [4.78, 5) is 31.0. The summed E-state index contributed by atoms with van der Waals surface area (Å²) in [5.74, 6) is 0.973. The fourth-order valence-corrected chi connectivity index (χ4v) is 5.34. The Morgan fingerprint density at radius 2 is 1.43 bits per heavy atom. The van der Waals surface area contributed by atoms with E-state index in [1.165, 1.54) is 11.1 Å². The summed E-state index contributed by atoms with van der Waals surface area (Å²) >= 11 is 1.67. The van der Waals surface area contributed by atoms with Crippen molar-refractivity contribution in [2.75, 3.05) is 45.3 Å². The van der Waals surface area contributed by atoms with Gasteiger partial charge in [-0.15, -0.1) is 0 Å². The van der Waals surface area contributed by atoms with Gasteiger partial charge in [-0.25, -0.2) is 0 Å². The van der Waals surface area contributed by atoms with Crippen LogP contribution in [0.15, 0.2) is 84.9 Å². The lowest BCUT2D eigenvalue weighted by atomic mass is 9.96. The number of piperazine rings is 1. The summed E-state index contributed by atoms with van der Waals surface area (Å²) in [5.41, 5.74) is 2.93. The molecule has 0 bridgehead atoms. The van der Waals surface area contributed by atoms with Crippen molar-refractivity contribution in [1.29, 1.82) is 0 Å². The Labute approximate surface area is 224 Å². The second kappa shape index (κ2) is 13.3. The molecule has 1 aliphatic heterocycles. The summed E-state index contributed by atoms with van der Waals surface area (Å²) in [6.07, 6.45) is 2.59. The normalized spacial score (nSPS) is 14.8. The van der Waals surface area contributed by atoms with Gasteiger partial charge in [0, 0.05) is 26.2 Å². The van der Waals surface area contributed by atoms with Crippen molar-refractivity contribution in [2.24, 2.45) is 0 Å². The van der Waals surface area contributed by atoms with Crippen LogP contribution in [0, 0.1) is 0 Å². The molecule has 1 aliphatic rings. The molecule has 3 aromatic carbocycles. The monoisotopic (exact) mass is 517 g/mol. The average molecular weight is 518 g/mol. The minimum atomic E-state index is -0.574. The predicted octanol–water partition coefficient (Wildman–Crippen LogP) is 4.48. The zero-order chi connectivity index (χ0) is 26.0. The average Bonchev–Trinajstić information content (AvgIpc) is 2.96. The van der Waals surface area contributed by atoms with Gasteiger partial charge in [-0.3, -0.25) is 14.5 Å². The number of amides is 2. The van der Waals surface area contributed by atoms with Crippen molar-refractivity contribution in [3.63, 3.8) is 0 Å². The number of thioether (sulfide) groups is 1. The Bertz CT molecular complexity index is 1110. The van der Waals surface area contributed by atoms with Crippen LogP contribution in [0.3, 0.4) is 0 Å². The molecule has 3 aromatic rings. The van der Waals surface area contributed by atoms with E-state index in [-0.39, 0.29) is 17.9 Å². The Kier molecular flexibility index (Phi) is 9.63. The van der Waals surface area contributed by atoms with Crippen LogP contribution >= 0.6 is 11.8 Å². The number of nitrogens with one attached hydrogen (secondary N) is 1. The molecule has 0 radical (unpaired) electrons. The summed E-state index contributed by atoms with van der Waals surface area (Å²) in [7, 11) is 1.54. The molecule has 7 heteroatoms. The first-order valence-electron chi connectivity index (χ1n) is 12.7. The van der Waals surface area contributed by atoms with Crippen molar-refractivity contribution >= 4 is 23.6 Å². The first-order valence-corrected chi connectivity index (χ1v) is 14.1. The van der Waals surface area contributed by atoms with Gasteiger partial charge in [0.25, 0.3) is 5.91 Å². The highest BCUT2D eigenvalue weighted by molar-refractivity contribution is 7.98. The molecule has 2 amide bonds. The Morgan fingerprint density at radius 3 is 2.00 bits per heavy atom. The quantitative estimate of drug-likeness (QED) is 0.430. The summed E-state index contributed by atoms with van der Waals surface area (Å²) in [6, 6.07) is 27.7. The molecule has 194 valence electrons. The van der Waals surface area contributed by atoms with Crippen molar-refractivity contribution < 1.29 is 14.3 Å². The van der Waals surface area contributed by atoms with E-state index in [1.54, 1.807) is 37.1 Å². The summed E-state index contributed by atoms with van der Waals surface area (Å²) in [6.45, 7) is 2.76. The van der Waals surface area contributed by atoms with Crippen LogP contribution in [0.2, 0.25) is 0 Å². The minimum Gasteiger partial charge on any atom is -0.496 e. The van der Waals surface area contributed by atoms with Crippen molar-refractivity contribution in [3.8, 4) is 5.75 Å². The van der Waals surface area contributed by atoms with Gasteiger partial charge in [0.2, 0.25) is 5.91 Å². The molecule has 0 saturated carbocycles. The van der Waals surface area contributed by atoms with Crippen LogP contribution < -0.4 is 10.1 Å². The molecule has 6 nitrogen and oxygen atoms in total. The van der Waals surface area contributed by atoms with Gasteiger partial charge in [-0.2, -0.15) is 11.8 Å². The van der Waals surface area contributed by atoms with Crippen molar-refractivity contribution in [1.82, 2.24) is 15.1 Å². The number of hydrogen-bond acceptors (Lipinski definition) is 5. The van der Waals surface area contributed by atoms with Gasteiger partial charge in [0.1, 0.15) is 11.8 Å². The number of nitrogens with zero attached hydrogens (tertiary/aromatic N) is 2. The number of ether oxygens (including phenoxy) is 1. The third kappa shape index (κ3) is 6.73. The fraction of sp³-hybridized carbons (Fsp3) is 0.333. The van der Waals surface area contributed by atoms with E-state index in [0.717, 1.165) is 18.8 Å². The lowest BCUT2D eigenvalue weighted by Gasteiger charge is -2.40. The standard InChI is InChI=1S/C30H35N3O3S/c1-36-27-16-10-9-15-25(27)29(34)31-26(17-22-37-2)30(35)33-20-18-32(19-21-33)28(23-11-5-3-6-12-23)24-13-7-4-8-14-24/h3-16,26,28H,17-22H2,1-2H3,(H,31,34)/t26-/m1/s1. The predicted molar refractivity (Wildman–Crippen MR) is 150 cm³/mol. The third-order valence-electron chi connectivity index (χ3n) is 6.79. The fourth-order valence-electron chi connectivity index (χ4n) is 4.87. The van der Waals surface area contributed by atoms with E-state index in [2.05, 4.69) is 58.7 Å². The lowest BCUT2D eigenvalue weighted by Crippen LogP contribution is -2.55. The second-order valence-electron chi connectivity index (χ2n) is 9.09. The largest absolute Gasteiger partial charge is 0.496 e. The van der Waals surface area contributed by atoms with E-state index >= 15 is 0 Å². The highest BCUT2D eigenvalue weighted by atomic mass is 32.2. The van der Waals surface area contributed by atoms with E-state index in [1.807, 2.05) is 29.4 Å². The van der Waals surface area contributed by atoms with Crippen LogP contribution in [-0.4, -0.2) is 73.0 Å². The van der Waals surface area contributed by atoms with Gasteiger partial charge in [0.15, 0.2) is 0 Å². The number of rotatable bonds is 10. The summed E-state index contributed by atoms with van der Waals surface area (Å²) < 4.78 is 5.35. The highest BCUT2D eigenvalue weighted by Gasteiger charge is 2.32. The topological polar surface area (TPSA) is 61.9 Å². The van der Waals surface area contributed by atoms with Gasteiger partial charge >= 0.3 is 0 Å². The number of carbonyl (C=O) groups is 2. The molecule has 0 unspecified atom stereocenters. The van der Waals surface area contributed by atoms with Crippen LogP contribution in [-0.2, 0) is 4.79 Å². The van der Waals surface area contributed by atoms with Gasteiger partial charge in [-0.1, -0.05) is 72.8 Å². The van der Waals surface area contributed by atoms with Gasteiger partial charge in [-0.05, 0) is 41.7 Å². The Balaban J connectivity index is 1.45. The minimum absolute atomic E-state index is 0.0204. The van der Waals surface area contributed by atoms with Crippen LogP contribution in [0.1, 0.15) is 33.9 Å². The zero-order valence-corrected chi connectivity index (χ0v) is 22.3. The molecule has 0 aromatic heterocycles. The first kappa shape index (κ1) is 26.8. The van der Waals surface area contributed by atoms with E-state index < -0.39 is 6.04 Å². The number of para-hydroxylation sites is 1. The van der Waals surface area contributed by atoms with Crippen molar-refractivity contribution in [2.45, 2.75) is 18.5 Å². The van der Waals surface area contributed by atoms with E-state index in [0.29, 0.717) is 30.8 Å². The van der Waals surface area contributed by atoms with E-state index in [9.17, 15) is 9.59 Å². The molecule has 1 atom stereocenters. The van der Waals surface area contributed by atoms with Gasteiger partial charge in [0.05, 0.1) is 18.7 Å². The van der Waals surface area contributed by atoms with Crippen LogP contribution in [0.5, 0.6) is 5.75 Å². The first-order chi connectivity index (χ1) is 18.1. The molecule has 37 heavy (non-hydrogen) atoms. The van der Waals surface area contributed by atoms with Crippen LogP contribution in [0.4, 0.5) is 0 Å². The molecular formula is C30H35N3O3S. The van der Waals surface area contributed by atoms with Crippen molar-refractivity contribution in [3.05, 3.63) is 102 Å². The molecule has 1 N–H and O–H groups in total. The smallest absolute Gasteiger partial charge is 0.255 e. The zero-order valence-electron chi connectivity index (χ0n) is 21.5. The maximum absolute atomic E-state index is 13.6. The number of carbonyl (C=O) groups excluding carboxylic acids is 2. The maximum atomic E-state index is 13.6. The number of hydrogen-bond donors (Lipinski definition) is 1. The third-order valence-corrected chi connectivity index (χ3v) is 7.43. The maximum Gasteiger partial charge on any atom is 0.255 e. The lowest BCUT2D eigenvalue weighted by molar-refractivity contribution is -0.135. The summed E-state index contributed by atoms with van der Waals surface area (Å²) in [5, 5.41) is 2.99. The molecule has 0 aliphatic carbocycles. The SMILES string of the molecule is COc1ccccc1C(=O)N[C@H](CCSC)C(=O)N1CCN(C(c2ccccc2)c2ccccc2)CC1. The molecule has 1 heterocycles. The molecule has 4 rings (SSSR count). The molecule has 1 fully saturated rings. The number of methoxy groups -OCH3 is 1. The second-order valence-corrected chi connectivity index (χ2v) is 10.1.